The van der Waals surface area contributed by atoms with Crippen molar-refractivity contribution in [1.82, 2.24) is 4.98 Å². The Kier molecular flexibility index (Phi) is 2.99. The number of hydrogen-bond acceptors (Lipinski definition) is 4. The first-order valence-electron chi connectivity index (χ1n) is 6.00. The van der Waals surface area contributed by atoms with Gasteiger partial charge in [-0.1, -0.05) is 17.4 Å². The molecular weight excluding hydrogens is 232 g/mol. The fourth-order valence-corrected chi connectivity index (χ4v) is 3.05. The molecule has 1 aliphatic heterocycles. The highest BCUT2D eigenvalue weighted by Crippen LogP contribution is 2.27. The molecule has 90 valence electrons. The number of nitrogens with one attached hydrogen (secondary N) is 1. The molecule has 0 aliphatic carbocycles. The molecule has 3 nitrogen and oxygen atoms in total. The zero-order chi connectivity index (χ0) is 11.7. The summed E-state index contributed by atoms with van der Waals surface area (Å²) in [7, 11) is 0. The number of aryl methyl sites for hydroxylation is 1. The number of benzene rings is 1. The van der Waals surface area contributed by atoms with Crippen LogP contribution in [0.25, 0.3) is 10.2 Å². The van der Waals surface area contributed by atoms with Crippen molar-refractivity contribution in [3.8, 4) is 0 Å². The molecule has 1 atom stereocenters. The zero-order valence-electron chi connectivity index (χ0n) is 9.90. The molecule has 1 aliphatic rings. The third-order valence-electron chi connectivity index (χ3n) is 3.11. The van der Waals surface area contributed by atoms with E-state index in [0.717, 1.165) is 36.8 Å². The lowest BCUT2D eigenvalue weighted by Gasteiger charge is -2.07. The normalized spacial score (nSPS) is 19.9. The first-order chi connectivity index (χ1) is 8.31. The summed E-state index contributed by atoms with van der Waals surface area (Å²) < 4.78 is 6.62. The second-order valence-corrected chi connectivity index (χ2v) is 5.63. The van der Waals surface area contributed by atoms with E-state index >= 15 is 0 Å². The van der Waals surface area contributed by atoms with E-state index in [1.54, 1.807) is 11.3 Å². The summed E-state index contributed by atoms with van der Waals surface area (Å²) in [5.74, 6) is 0.642. The highest BCUT2D eigenvalue weighted by atomic mass is 32.1. The number of ether oxygens (including phenoxy) is 1. The predicted octanol–water partition coefficient (Wildman–Crippen LogP) is 3.05. The maximum absolute atomic E-state index is 5.36. The average Bonchev–Trinajstić information content (AvgIpc) is 2.94. The highest BCUT2D eigenvalue weighted by Gasteiger charge is 2.15. The van der Waals surface area contributed by atoms with Crippen molar-refractivity contribution in [1.29, 1.82) is 0 Å². The summed E-state index contributed by atoms with van der Waals surface area (Å²) in [5.41, 5.74) is 2.38. The lowest BCUT2D eigenvalue weighted by atomic mass is 10.1. The maximum Gasteiger partial charge on any atom is 0.183 e. The fraction of sp³-hybridized carbons (Fsp3) is 0.462. The van der Waals surface area contributed by atoms with Crippen LogP contribution in [0.15, 0.2) is 18.2 Å². The highest BCUT2D eigenvalue weighted by molar-refractivity contribution is 7.22. The molecule has 1 fully saturated rings. The van der Waals surface area contributed by atoms with Crippen LogP contribution < -0.4 is 5.32 Å². The van der Waals surface area contributed by atoms with Gasteiger partial charge in [0, 0.05) is 19.1 Å². The van der Waals surface area contributed by atoms with Crippen LogP contribution in [-0.4, -0.2) is 24.7 Å². The third kappa shape index (κ3) is 2.42. The van der Waals surface area contributed by atoms with E-state index < -0.39 is 0 Å². The molecule has 1 unspecified atom stereocenters. The maximum atomic E-state index is 5.36. The fourth-order valence-electron chi connectivity index (χ4n) is 2.08. The molecule has 1 N–H and O–H groups in total. The number of thiazole rings is 1. The molecule has 1 aromatic heterocycles. The number of aromatic nitrogens is 1. The van der Waals surface area contributed by atoms with E-state index in [1.807, 2.05) is 0 Å². The second kappa shape index (κ2) is 4.63. The standard InChI is InChI=1S/C13H16N2OS/c1-9-2-3-11-12(6-9)17-13(15-11)14-7-10-4-5-16-8-10/h2-3,6,10H,4-5,7-8H2,1H3,(H,14,15). The van der Waals surface area contributed by atoms with Crippen molar-refractivity contribution >= 4 is 26.7 Å². The van der Waals surface area contributed by atoms with Crippen molar-refractivity contribution in [3.63, 3.8) is 0 Å². The van der Waals surface area contributed by atoms with Crippen LogP contribution in [0.2, 0.25) is 0 Å². The van der Waals surface area contributed by atoms with Gasteiger partial charge in [-0.3, -0.25) is 0 Å². The molecule has 3 rings (SSSR count). The van der Waals surface area contributed by atoms with Gasteiger partial charge in [0.25, 0.3) is 0 Å². The number of fused-ring (bicyclic) bond motifs is 1. The molecule has 1 aromatic carbocycles. The summed E-state index contributed by atoms with van der Waals surface area (Å²) in [6.07, 6.45) is 1.16. The van der Waals surface area contributed by atoms with Crippen LogP contribution in [0.3, 0.4) is 0 Å². The van der Waals surface area contributed by atoms with E-state index in [4.69, 9.17) is 4.74 Å². The van der Waals surface area contributed by atoms with Crippen LogP contribution in [0.5, 0.6) is 0 Å². The lowest BCUT2D eigenvalue weighted by molar-refractivity contribution is 0.187. The molecule has 2 aromatic rings. The van der Waals surface area contributed by atoms with E-state index in [9.17, 15) is 0 Å². The quantitative estimate of drug-likeness (QED) is 0.906. The molecule has 17 heavy (non-hydrogen) atoms. The minimum Gasteiger partial charge on any atom is -0.381 e. The summed E-state index contributed by atoms with van der Waals surface area (Å²) in [6, 6.07) is 6.39. The molecule has 0 bridgehead atoms. The van der Waals surface area contributed by atoms with Gasteiger partial charge in [-0.15, -0.1) is 0 Å². The van der Waals surface area contributed by atoms with E-state index in [-0.39, 0.29) is 0 Å². The number of anilines is 1. The van der Waals surface area contributed by atoms with Crippen LogP contribution in [0.4, 0.5) is 5.13 Å². The van der Waals surface area contributed by atoms with Gasteiger partial charge in [0.05, 0.1) is 16.8 Å². The largest absolute Gasteiger partial charge is 0.381 e. The van der Waals surface area contributed by atoms with Crippen molar-refractivity contribution in [2.75, 3.05) is 25.1 Å². The summed E-state index contributed by atoms with van der Waals surface area (Å²) in [6.45, 7) is 4.88. The second-order valence-electron chi connectivity index (χ2n) is 4.60. The Labute approximate surface area is 105 Å². The SMILES string of the molecule is Cc1ccc2nc(NCC3CCOC3)sc2c1. The van der Waals surface area contributed by atoms with Gasteiger partial charge < -0.3 is 10.1 Å². The lowest BCUT2D eigenvalue weighted by Crippen LogP contribution is -2.13. The molecule has 0 amide bonds. The van der Waals surface area contributed by atoms with E-state index in [1.165, 1.54) is 10.3 Å². The molecule has 4 heteroatoms. The molecular formula is C13H16N2OS. The Bertz CT molecular complexity index is 517. The first kappa shape index (κ1) is 11.0. The summed E-state index contributed by atoms with van der Waals surface area (Å²) in [5, 5.41) is 4.45. The van der Waals surface area contributed by atoms with Gasteiger partial charge in [-0.2, -0.15) is 0 Å². The number of rotatable bonds is 3. The minimum absolute atomic E-state index is 0.642. The Balaban J connectivity index is 1.72. The van der Waals surface area contributed by atoms with Crippen LogP contribution in [0, 0.1) is 12.8 Å². The van der Waals surface area contributed by atoms with Crippen molar-refractivity contribution in [3.05, 3.63) is 23.8 Å². The van der Waals surface area contributed by atoms with Gasteiger partial charge in [0.15, 0.2) is 5.13 Å². The van der Waals surface area contributed by atoms with E-state index in [0.29, 0.717) is 5.92 Å². The van der Waals surface area contributed by atoms with Crippen molar-refractivity contribution in [2.45, 2.75) is 13.3 Å². The number of nitrogens with zero attached hydrogens (tertiary/aromatic N) is 1. The topological polar surface area (TPSA) is 34.2 Å². The monoisotopic (exact) mass is 248 g/mol. The average molecular weight is 248 g/mol. The summed E-state index contributed by atoms with van der Waals surface area (Å²) in [4.78, 5) is 4.58. The number of hydrogen-bond donors (Lipinski definition) is 1. The Morgan fingerprint density at radius 1 is 1.53 bits per heavy atom. The van der Waals surface area contributed by atoms with Crippen molar-refractivity contribution < 1.29 is 4.74 Å². The Hall–Kier alpha value is -1.13. The van der Waals surface area contributed by atoms with Crippen molar-refractivity contribution in [2.24, 2.45) is 5.92 Å². The van der Waals surface area contributed by atoms with Crippen LogP contribution in [0.1, 0.15) is 12.0 Å². The smallest absolute Gasteiger partial charge is 0.183 e. The van der Waals surface area contributed by atoms with Gasteiger partial charge in [-0.25, -0.2) is 4.98 Å². The summed E-state index contributed by atoms with van der Waals surface area (Å²) >= 11 is 1.73. The van der Waals surface area contributed by atoms with Crippen LogP contribution >= 0.6 is 11.3 Å². The predicted molar refractivity (Wildman–Crippen MR) is 71.8 cm³/mol. The minimum atomic E-state index is 0.642. The zero-order valence-corrected chi connectivity index (χ0v) is 10.7. The molecule has 2 heterocycles. The van der Waals surface area contributed by atoms with Gasteiger partial charge >= 0.3 is 0 Å². The Morgan fingerprint density at radius 3 is 3.29 bits per heavy atom. The molecule has 0 radical (unpaired) electrons. The van der Waals surface area contributed by atoms with E-state index in [2.05, 4.69) is 35.4 Å². The van der Waals surface area contributed by atoms with Crippen LogP contribution in [-0.2, 0) is 4.74 Å². The van der Waals surface area contributed by atoms with Gasteiger partial charge in [-0.05, 0) is 31.0 Å². The third-order valence-corrected chi connectivity index (χ3v) is 4.09. The van der Waals surface area contributed by atoms with Gasteiger partial charge in [0.1, 0.15) is 0 Å². The molecule has 1 saturated heterocycles. The first-order valence-corrected chi connectivity index (χ1v) is 6.82. The molecule has 0 saturated carbocycles. The molecule has 0 spiro atoms. The van der Waals surface area contributed by atoms with Gasteiger partial charge in [0.2, 0.25) is 0 Å². The Morgan fingerprint density at radius 2 is 2.47 bits per heavy atom.